The van der Waals surface area contributed by atoms with Gasteiger partial charge in [-0.1, -0.05) is 103 Å². The van der Waals surface area contributed by atoms with Gasteiger partial charge in [-0.05, 0) is 100 Å². The summed E-state index contributed by atoms with van der Waals surface area (Å²) in [5.41, 5.74) is 3.10. The van der Waals surface area contributed by atoms with Crippen molar-refractivity contribution in [3.05, 3.63) is 34.9 Å². The predicted molar refractivity (Wildman–Crippen MR) is 205 cm³/mol. The van der Waals surface area contributed by atoms with Crippen LogP contribution in [-0.4, -0.2) is 52.8 Å². The maximum Gasteiger partial charge on any atom is 0.408 e. The Kier molecular flexibility index (Phi) is 14.9. The molecule has 9 heteroatoms. The van der Waals surface area contributed by atoms with Crippen molar-refractivity contribution in [1.82, 2.24) is 5.32 Å². The summed E-state index contributed by atoms with van der Waals surface area (Å²) in [7, 11) is -6.01. The summed E-state index contributed by atoms with van der Waals surface area (Å²) in [4.78, 5) is 13.2. The van der Waals surface area contributed by atoms with Crippen molar-refractivity contribution in [1.29, 1.82) is 0 Å². The second-order valence-corrected chi connectivity index (χ2v) is 31.7. The summed E-state index contributed by atoms with van der Waals surface area (Å²) in [6.45, 7) is 22.5. The van der Waals surface area contributed by atoms with Crippen LogP contribution in [0.15, 0.2) is 18.2 Å². The van der Waals surface area contributed by atoms with E-state index in [0.717, 1.165) is 50.1 Å². The number of alkyl carbamates (subject to hydrolysis) is 1. The van der Waals surface area contributed by atoms with E-state index < -0.39 is 41.0 Å². The second kappa shape index (κ2) is 17.3. The number of ether oxygens (including phenoxy) is 1. The highest BCUT2D eigenvalue weighted by Crippen LogP contribution is 2.52. The van der Waals surface area contributed by atoms with E-state index in [1.165, 1.54) is 61.6 Å². The van der Waals surface area contributed by atoms with E-state index in [-0.39, 0.29) is 6.61 Å². The number of carbonyl (C=O) groups excluding carboxylic acids is 1. The van der Waals surface area contributed by atoms with E-state index in [0.29, 0.717) is 18.7 Å². The molecule has 1 unspecified atom stereocenters. The Morgan fingerprint density at radius 1 is 0.957 bits per heavy atom. The lowest BCUT2D eigenvalue weighted by Crippen LogP contribution is -2.51. The number of fused-ring (bicyclic) bond motifs is 1. The number of benzene rings is 1. The number of unbranched alkanes of at least 4 members (excludes halogenated alkanes) is 3. The molecule has 1 aromatic carbocycles. The van der Waals surface area contributed by atoms with E-state index in [1.807, 2.05) is 20.8 Å². The molecule has 0 spiro atoms. The number of rotatable bonds is 18. The molecular formula is C38H70NO5PSi2. The summed E-state index contributed by atoms with van der Waals surface area (Å²) in [6, 6.07) is 9.17. The Hall–Kier alpha value is -0.926. The summed E-state index contributed by atoms with van der Waals surface area (Å²) in [5, 5.41) is 3.23. The van der Waals surface area contributed by atoms with Crippen molar-refractivity contribution in [3.8, 4) is 0 Å². The first-order chi connectivity index (χ1) is 21.8. The molecule has 1 saturated carbocycles. The Balaban J connectivity index is 1.75. The van der Waals surface area contributed by atoms with Crippen LogP contribution in [0, 0.1) is 5.92 Å². The third-order valence-corrected chi connectivity index (χ3v) is 15.4. The fourth-order valence-corrected chi connectivity index (χ4v) is 11.2. The minimum Gasteiger partial charge on any atom is -0.444 e. The van der Waals surface area contributed by atoms with E-state index >= 15 is 0 Å². The number of hydrogen-bond donors (Lipinski definition) is 1. The zero-order valence-electron chi connectivity index (χ0n) is 31.9. The lowest BCUT2D eigenvalue weighted by molar-refractivity contribution is 0.0403. The maximum absolute atomic E-state index is 14.3. The number of nitrogens with one attached hydrogen (secondary N) is 1. The zero-order valence-corrected chi connectivity index (χ0v) is 34.8. The van der Waals surface area contributed by atoms with Gasteiger partial charge in [0.2, 0.25) is 0 Å². The van der Waals surface area contributed by atoms with Gasteiger partial charge >= 0.3 is 13.7 Å². The largest absolute Gasteiger partial charge is 0.444 e. The summed E-state index contributed by atoms with van der Waals surface area (Å²) in [5.74, 6) is 1.11. The lowest BCUT2D eigenvalue weighted by Gasteiger charge is -2.33. The van der Waals surface area contributed by atoms with Gasteiger partial charge in [-0.2, -0.15) is 0 Å². The van der Waals surface area contributed by atoms with Gasteiger partial charge < -0.3 is 19.1 Å². The van der Waals surface area contributed by atoms with Gasteiger partial charge in [0, 0.05) is 22.3 Å². The quantitative estimate of drug-likeness (QED) is 0.0934. The molecule has 0 aliphatic heterocycles. The smallest absolute Gasteiger partial charge is 0.408 e. The first-order valence-corrected chi connectivity index (χ1v) is 27.9. The molecule has 2 aliphatic carbocycles. The third-order valence-electron chi connectivity index (χ3n) is 9.91. The molecule has 4 atom stereocenters. The van der Waals surface area contributed by atoms with Gasteiger partial charge in [-0.25, -0.2) is 4.79 Å². The van der Waals surface area contributed by atoms with Crippen molar-refractivity contribution in [3.63, 3.8) is 0 Å². The first kappa shape index (κ1) is 40.5. The van der Waals surface area contributed by atoms with Gasteiger partial charge in [0.05, 0.1) is 18.8 Å². The minimum absolute atomic E-state index is 0.171. The molecule has 1 fully saturated rings. The fraction of sp³-hybridized carbons (Fsp3) is 0.816. The topological polar surface area (TPSA) is 73.9 Å². The number of hydrogen-bond acceptors (Lipinski definition) is 5. The predicted octanol–water partition coefficient (Wildman–Crippen LogP) is 11.6. The van der Waals surface area contributed by atoms with Gasteiger partial charge in [0.15, 0.2) is 0 Å². The normalized spacial score (nSPS) is 23.3. The molecule has 1 aromatic rings. The molecule has 0 saturated heterocycles. The lowest BCUT2D eigenvalue weighted by atomic mass is 9.79. The van der Waals surface area contributed by atoms with Gasteiger partial charge in [-0.15, -0.1) is 0 Å². The highest BCUT2D eigenvalue weighted by molar-refractivity contribution is 7.53. The molecular weight excluding hydrogens is 638 g/mol. The molecule has 2 aliphatic rings. The number of carbonyl (C=O) groups is 1. The van der Waals surface area contributed by atoms with Crippen LogP contribution in [-0.2, 0) is 31.2 Å². The van der Waals surface area contributed by atoms with Crippen molar-refractivity contribution in [2.45, 2.75) is 173 Å². The highest BCUT2D eigenvalue weighted by Gasteiger charge is 2.44. The molecule has 3 rings (SSSR count). The van der Waals surface area contributed by atoms with E-state index in [1.54, 1.807) is 0 Å². The molecule has 6 nitrogen and oxygen atoms in total. The molecule has 270 valence electrons. The van der Waals surface area contributed by atoms with Gasteiger partial charge in [-0.3, -0.25) is 4.57 Å². The van der Waals surface area contributed by atoms with Crippen LogP contribution < -0.4 is 5.32 Å². The Morgan fingerprint density at radius 3 is 2.34 bits per heavy atom. The van der Waals surface area contributed by atoms with Crippen molar-refractivity contribution in [2.24, 2.45) is 5.92 Å². The average Bonchev–Trinajstić information content (AvgIpc) is 3.35. The van der Waals surface area contributed by atoms with Crippen molar-refractivity contribution >= 4 is 29.8 Å². The molecule has 1 amide bonds. The second-order valence-electron chi connectivity index (χ2n) is 18.2. The number of amides is 1. The number of aryl methyl sites for hydroxylation is 1. The molecule has 47 heavy (non-hydrogen) atoms. The van der Waals surface area contributed by atoms with Gasteiger partial charge in [0.25, 0.3) is 0 Å². The van der Waals surface area contributed by atoms with Crippen LogP contribution in [0.4, 0.5) is 4.79 Å². The standard InChI is InChI=1S/C38H70NO5PSi2/c1-11-12-13-14-16-31-17-18-33-28-34(20-19-32(33)27-31)35-21-22-38(29-35,39-36(40)44-37(2,3)4)30-43-45(41,24-15-25-46(5,6)7)42-23-26-47(8,9)10/h19-20,28,31,35H,11-18,21-27,29-30H2,1-10H3,(H,39,40)/t31-,35+,38-,45?/m1/s1. The van der Waals surface area contributed by atoms with Crippen LogP contribution in [0.1, 0.15) is 115 Å². The SMILES string of the molecule is CCCCCC[C@@H]1CCc2cc([C@H]3CC[C@@](COP(=O)(CCC[Si](C)(C)C)OCC[Si](C)(C)C)(NC(=O)OC(C)(C)C)C3)ccc2C1. The van der Waals surface area contributed by atoms with E-state index in [9.17, 15) is 9.36 Å². The Bertz CT molecular complexity index is 1160. The molecule has 0 radical (unpaired) electrons. The van der Waals surface area contributed by atoms with Crippen LogP contribution in [0.2, 0.25) is 51.4 Å². The van der Waals surface area contributed by atoms with E-state index in [2.05, 4.69) is 69.7 Å². The van der Waals surface area contributed by atoms with Crippen LogP contribution in [0.5, 0.6) is 0 Å². The van der Waals surface area contributed by atoms with Crippen LogP contribution in [0.25, 0.3) is 0 Å². The van der Waals surface area contributed by atoms with Gasteiger partial charge in [0.1, 0.15) is 5.60 Å². The Morgan fingerprint density at radius 2 is 1.68 bits per heavy atom. The summed E-state index contributed by atoms with van der Waals surface area (Å²) < 4.78 is 32.6. The molecule has 0 heterocycles. The Labute approximate surface area is 290 Å². The average molecular weight is 708 g/mol. The maximum atomic E-state index is 14.3. The van der Waals surface area contributed by atoms with E-state index in [4.69, 9.17) is 13.8 Å². The first-order valence-electron chi connectivity index (χ1n) is 18.8. The molecule has 0 aromatic heterocycles. The fourth-order valence-electron chi connectivity index (χ4n) is 7.10. The third kappa shape index (κ3) is 14.8. The van der Waals surface area contributed by atoms with Crippen molar-refractivity contribution < 1.29 is 23.1 Å². The zero-order chi connectivity index (χ0) is 34.9. The van der Waals surface area contributed by atoms with Crippen LogP contribution in [0.3, 0.4) is 0 Å². The van der Waals surface area contributed by atoms with Crippen molar-refractivity contribution in [2.75, 3.05) is 19.4 Å². The van der Waals surface area contributed by atoms with Crippen LogP contribution >= 0.6 is 7.60 Å². The highest BCUT2D eigenvalue weighted by atomic mass is 31.2. The molecule has 0 bridgehead atoms. The monoisotopic (exact) mass is 707 g/mol. The minimum atomic E-state index is -3.34. The molecule has 1 N–H and O–H groups in total. The summed E-state index contributed by atoms with van der Waals surface area (Å²) >= 11 is 0. The summed E-state index contributed by atoms with van der Waals surface area (Å²) in [6.07, 6.45) is 13.6.